The van der Waals surface area contributed by atoms with Gasteiger partial charge in [0, 0.05) is 48.3 Å². The van der Waals surface area contributed by atoms with Gasteiger partial charge in [-0.1, -0.05) is 0 Å². The van der Waals surface area contributed by atoms with E-state index in [0.29, 0.717) is 0 Å². The maximum Gasteiger partial charge on any atom is 0.0142 e. The molecule has 0 aromatic heterocycles. The third-order valence-corrected chi connectivity index (χ3v) is 9.03. The monoisotopic (exact) mass is 358 g/mol. The van der Waals surface area contributed by atoms with Gasteiger partial charge in [-0.25, -0.2) is 0 Å². The quantitative estimate of drug-likeness (QED) is 0.537. The van der Waals surface area contributed by atoms with Crippen LogP contribution in [0.25, 0.3) is 0 Å². The summed E-state index contributed by atoms with van der Waals surface area (Å²) in [5.41, 5.74) is 0. The number of hydrogen-bond donors (Lipinski definition) is 4. The molecule has 5 saturated heterocycles. The Bertz CT molecular complexity index is 524. The molecule has 0 aromatic carbocycles. The largest absolute Gasteiger partial charge is 0.311 e. The molecule has 0 aromatic rings. The maximum atomic E-state index is 4.14. The first-order valence-corrected chi connectivity index (χ1v) is 11.8. The van der Waals surface area contributed by atoms with Crippen molar-refractivity contribution in [1.29, 1.82) is 0 Å². The van der Waals surface area contributed by atoms with Crippen LogP contribution in [0, 0.1) is 11.8 Å². The van der Waals surface area contributed by atoms with E-state index in [1.807, 2.05) is 0 Å². The van der Waals surface area contributed by atoms with E-state index < -0.39 is 0 Å². The summed E-state index contributed by atoms with van der Waals surface area (Å²) in [6.07, 6.45) is 17.0. The number of rotatable bonds is 0. The predicted molar refractivity (Wildman–Crippen MR) is 105 cm³/mol. The van der Waals surface area contributed by atoms with Gasteiger partial charge in [0.15, 0.2) is 0 Å². The third-order valence-electron chi connectivity index (χ3n) is 9.03. The standard InChI is InChI=1S/C22H38N4/c1-7-20-21-8-6-18(25-21)11-16-3-2-14(23-16)10-15-4-5-17(24-15)12-19-9-13(1)22(20)26-19/h13-26H,1-12H2. The Balaban J connectivity index is 1.21. The van der Waals surface area contributed by atoms with Gasteiger partial charge < -0.3 is 21.3 Å². The maximum absolute atomic E-state index is 4.14. The highest BCUT2D eigenvalue weighted by Crippen LogP contribution is 2.44. The second-order valence-electron chi connectivity index (χ2n) is 10.7. The zero-order valence-corrected chi connectivity index (χ0v) is 16.3. The second kappa shape index (κ2) is 6.72. The van der Waals surface area contributed by atoms with E-state index in [1.54, 1.807) is 0 Å². The van der Waals surface area contributed by atoms with E-state index in [2.05, 4.69) is 21.3 Å². The lowest BCUT2D eigenvalue weighted by molar-refractivity contribution is 0.299. The molecule has 6 fully saturated rings. The van der Waals surface area contributed by atoms with Gasteiger partial charge in [0.1, 0.15) is 0 Å². The van der Waals surface area contributed by atoms with E-state index >= 15 is 0 Å². The van der Waals surface area contributed by atoms with Crippen LogP contribution in [0.4, 0.5) is 0 Å². The van der Waals surface area contributed by atoms with Crippen molar-refractivity contribution in [1.82, 2.24) is 21.3 Å². The predicted octanol–water partition coefficient (Wildman–Crippen LogP) is 2.29. The molecule has 4 nitrogen and oxygen atoms in total. The molecule has 10 atom stereocenters. The van der Waals surface area contributed by atoms with Crippen molar-refractivity contribution in [2.45, 2.75) is 125 Å². The smallest absolute Gasteiger partial charge is 0.0142 e. The van der Waals surface area contributed by atoms with Crippen LogP contribution in [0.1, 0.15) is 77.0 Å². The fourth-order valence-electron chi connectivity index (χ4n) is 7.91. The summed E-state index contributed by atoms with van der Waals surface area (Å²) in [5, 5.41) is 16.3. The average Bonchev–Trinajstić information content (AvgIpc) is 3.38. The van der Waals surface area contributed by atoms with E-state index in [9.17, 15) is 0 Å². The zero-order valence-electron chi connectivity index (χ0n) is 16.3. The summed E-state index contributed by atoms with van der Waals surface area (Å²) in [6, 6.07) is 6.24. The Morgan fingerprint density at radius 1 is 0.423 bits per heavy atom. The molecule has 4 heteroatoms. The highest BCUT2D eigenvalue weighted by atomic mass is 15.1. The zero-order chi connectivity index (χ0) is 17.1. The minimum absolute atomic E-state index is 0.770. The summed E-state index contributed by atoms with van der Waals surface area (Å²) >= 11 is 0. The van der Waals surface area contributed by atoms with Gasteiger partial charge in [0.05, 0.1) is 0 Å². The van der Waals surface area contributed by atoms with E-state index in [-0.39, 0.29) is 0 Å². The number of fused-ring (bicyclic) bond motifs is 8. The Kier molecular flexibility index (Phi) is 4.33. The van der Waals surface area contributed by atoms with E-state index in [4.69, 9.17) is 0 Å². The summed E-state index contributed by atoms with van der Waals surface area (Å²) < 4.78 is 0. The molecular formula is C22H38N4. The summed E-state index contributed by atoms with van der Waals surface area (Å²) in [7, 11) is 0. The van der Waals surface area contributed by atoms with E-state index in [1.165, 1.54) is 77.0 Å². The molecule has 6 rings (SSSR count). The molecular weight excluding hydrogens is 320 g/mol. The van der Waals surface area contributed by atoms with Crippen LogP contribution >= 0.6 is 0 Å². The molecule has 5 aliphatic heterocycles. The molecule has 0 spiro atoms. The molecule has 0 radical (unpaired) electrons. The Morgan fingerprint density at radius 3 is 1.69 bits per heavy atom. The van der Waals surface area contributed by atoms with Crippen molar-refractivity contribution in [3.63, 3.8) is 0 Å². The van der Waals surface area contributed by atoms with Gasteiger partial charge in [-0.3, -0.25) is 0 Å². The van der Waals surface area contributed by atoms with Crippen LogP contribution in [0.5, 0.6) is 0 Å². The highest BCUT2D eigenvalue weighted by molar-refractivity contribution is 5.06. The lowest BCUT2D eigenvalue weighted by Crippen LogP contribution is -2.46. The van der Waals surface area contributed by atoms with Crippen molar-refractivity contribution in [3.8, 4) is 0 Å². The van der Waals surface area contributed by atoms with Crippen LogP contribution in [-0.4, -0.2) is 48.3 Å². The minimum atomic E-state index is 0.770. The lowest BCUT2D eigenvalue weighted by atomic mass is 9.91. The first-order valence-electron chi connectivity index (χ1n) is 11.8. The molecule has 146 valence electrons. The number of nitrogens with one attached hydrogen (secondary N) is 4. The first kappa shape index (κ1) is 16.8. The molecule has 1 aliphatic carbocycles. The van der Waals surface area contributed by atoms with Crippen molar-refractivity contribution in [2.75, 3.05) is 0 Å². The molecule has 5 heterocycles. The average molecular weight is 359 g/mol. The van der Waals surface area contributed by atoms with Crippen molar-refractivity contribution in [3.05, 3.63) is 0 Å². The van der Waals surface area contributed by atoms with Crippen LogP contribution in [0.15, 0.2) is 0 Å². The summed E-state index contributed by atoms with van der Waals surface area (Å²) in [6.45, 7) is 0. The minimum Gasteiger partial charge on any atom is -0.311 e. The SMILES string of the molecule is C1CC2CC3CCC(N3)C3CCC4CC(CC5CCC(CC1N2)N5)NC43. The van der Waals surface area contributed by atoms with Crippen LogP contribution in [0.3, 0.4) is 0 Å². The molecule has 10 unspecified atom stereocenters. The van der Waals surface area contributed by atoms with Gasteiger partial charge in [-0.15, -0.1) is 0 Å². The lowest BCUT2D eigenvalue weighted by Gasteiger charge is -2.29. The van der Waals surface area contributed by atoms with Crippen LogP contribution in [0.2, 0.25) is 0 Å². The normalized spacial score (nSPS) is 56.3. The van der Waals surface area contributed by atoms with Gasteiger partial charge >= 0.3 is 0 Å². The molecule has 4 N–H and O–H groups in total. The fraction of sp³-hybridized carbons (Fsp3) is 1.00. The molecule has 8 bridgehead atoms. The van der Waals surface area contributed by atoms with Crippen LogP contribution < -0.4 is 21.3 Å². The molecule has 6 aliphatic rings. The van der Waals surface area contributed by atoms with Crippen LogP contribution in [-0.2, 0) is 0 Å². The van der Waals surface area contributed by atoms with Crippen molar-refractivity contribution in [2.24, 2.45) is 11.8 Å². The van der Waals surface area contributed by atoms with Crippen molar-refractivity contribution < 1.29 is 0 Å². The molecule has 1 saturated carbocycles. The third kappa shape index (κ3) is 3.05. The topological polar surface area (TPSA) is 48.1 Å². The second-order valence-corrected chi connectivity index (χ2v) is 10.7. The molecule has 26 heavy (non-hydrogen) atoms. The summed E-state index contributed by atoms with van der Waals surface area (Å²) in [4.78, 5) is 0. The van der Waals surface area contributed by atoms with Gasteiger partial charge in [-0.2, -0.15) is 0 Å². The van der Waals surface area contributed by atoms with E-state index in [0.717, 1.165) is 60.2 Å². The van der Waals surface area contributed by atoms with Crippen molar-refractivity contribution >= 4 is 0 Å². The van der Waals surface area contributed by atoms with Gasteiger partial charge in [0.2, 0.25) is 0 Å². The summed E-state index contributed by atoms with van der Waals surface area (Å²) in [5.74, 6) is 1.87. The first-order chi connectivity index (χ1) is 12.8. The Labute approximate surface area is 159 Å². The highest BCUT2D eigenvalue weighted by Gasteiger charge is 2.48. The Hall–Kier alpha value is -0.160. The number of hydrogen-bond acceptors (Lipinski definition) is 4. The fourth-order valence-corrected chi connectivity index (χ4v) is 7.91. The van der Waals surface area contributed by atoms with Gasteiger partial charge in [-0.05, 0) is 88.9 Å². The Morgan fingerprint density at radius 2 is 1.00 bits per heavy atom. The molecule has 0 amide bonds. The van der Waals surface area contributed by atoms with Gasteiger partial charge in [0.25, 0.3) is 0 Å².